The van der Waals surface area contributed by atoms with Gasteiger partial charge in [-0.05, 0) is 79.8 Å². The Kier molecular flexibility index (Phi) is 12.3. The van der Waals surface area contributed by atoms with Gasteiger partial charge in [0.2, 0.25) is 0 Å². The van der Waals surface area contributed by atoms with Crippen LogP contribution in [0.15, 0.2) is 61.0 Å². The first-order valence-electron chi connectivity index (χ1n) is 10.2. The maximum atomic E-state index is 14.1. The number of hydrogen-bond acceptors (Lipinski definition) is 6. The molecule has 0 saturated heterocycles. The Morgan fingerprint density at radius 2 is 1.85 bits per heavy atom. The number of halogens is 2. The lowest BCUT2D eigenvalue weighted by molar-refractivity contribution is -0.108. The van der Waals surface area contributed by atoms with E-state index in [-0.39, 0.29) is 23.3 Å². The van der Waals surface area contributed by atoms with Crippen molar-refractivity contribution in [2.75, 3.05) is 20.7 Å². The highest BCUT2D eigenvalue weighted by atomic mass is 35.5. The Balaban J connectivity index is 0.000000593. The molecule has 0 aromatic heterocycles. The summed E-state index contributed by atoms with van der Waals surface area (Å²) < 4.78 is 19.4. The monoisotopic (exact) mass is 476 g/mol. The molecule has 0 bridgehead atoms. The van der Waals surface area contributed by atoms with Crippen molar-refractivity contribution in [3.05, 3.63) is 88.5 Å². The third-order valence-corrected chi connectivity index (χ3v) is 5.02. The minimum Gasteiger partial charge on any atom is -0.496 e. The SMILES string of the molecule is CN.COc1ccccc1C(=O)N(CC=O)C1CCc2c(F)cc(Cl)cc21.N/C=C\C=C/N. The Bertz CT molecular complexity index is 972. The zero-order chi connectivity index (χ0) is 24.8. The van der Waals surface area contributed by atoms with Crippen molar-refractivity contribution in [3.63, 3.8) is 0 Å². The number of amides is 1. The molecule has 33 heavy (non-hydrogen) atoms. The molecule has 2 aromatic rings. The topological polar surface area (TPSA) is 125 Å². The van der Waals surface area contributed by atoms with Crippen LogP contribution >= 0.6 is 11.6 Å². The fraction of sp³-hybridized carbons (Fsp3) is 0.250. The van der Waals surface area contributed by atoms with Crippen molar-refractivity contribution in [1.29, 1.82) is 0 Å². The predicted molar refractivity (Wildman–Crippen MR) is 129 cm³/mol. The average Bonchev–Trinajstić information content (AvgIpc) is 3.26. The summed E-state index contributed by atoms with van der Waals surface area (Å²) in [6, 6.07) is 9.37. The van der Waals surface area contributed by atoms with Gasteiger partial charge >= 0.3 is 0 Å². The molecule has 2 aromatic carbocycles. The van der Waals surface area contributed by atoms with Crippen LogP contribution in [0, 0.1) is 5.82 Å². The van der Waals surface area contributed by atoms with Crippen LogP contribution in [-0.4, -0.2) is 37.8 Å². The molecule has 0 fully saturated rings. The zero-order valence-electron chi connectivity index (χ0n) is 18.7. The molecule has 0 heterocycles. The van der Waals surface area contributed by atoms with Gasteiger partial charge in [0.15, 0.2) is 0 Å². The second kappa shape index (κ2) is 14.7. The summed E-state index contributed by atoms with van der Waals surface area (Å²) >= 11 is 5.99. The number of nitrogens with zero attached hydrogens (tertiary/aromatic N) is 1. The van der Waals surface area contributed by atoms with Crippen molar-refractivity contribution in [1.82, 2.24) is 4.90 Å². The van der Waals surface area contributed by atoms with E-state index < -0.39 is 6.04 Å². The van der Waals surface area contributed by atoms with E-state index in [0.29, 0.717) is 41.6 Å². The maximum Gasteiger partial charge on any atom is 0.258 e. The van der Waals surface area contributed by atoms with E-state index in [0.717, 1.165) is 0 Å². The highest BCUT2D eigenvalue weighted by molar-refractivity contribution is 6.30. The van der Waals surface area contributed by atoms with E-state index in [2.05, 4.69) is 5.73 Å². The maximum absolute atomic E-state index is 14.1. The van der Waals surface area contributed by atoms with Gasteiger partial charge in [-0.25, -0.2) is 4.39 Å². The minimum atomic E-state index is -0.397. The van der Waals surface area contributed by atoms with Crippen molar-refractivity contribution < 1.29 is 18.7 Å². The standard InChI is InChI=1S/C19H17ClFNO3.C4H8N2.CH5N/c1-25-18-5-3-2-4-14(18)19(24)22(8-9-23)17-7-6-13-15(17)10-12(20)11-16(13)21;5-3-1-2-4-6;1-2/h2-5,9-11,17H,6-8H2,1H3;1-4H,5-6H2;2H2,1H3/b;3-1-,4-2-;. The van der Waals surface area contributed by atoms with Crippen LogP contribution in [0.4, 0.5) is 4.39 Å². The third kappa shape index (κ3) is 7.34. The number of rotatable bonds is 6. The van der Waals surface area contributed by atoms with E-state index in [9.17, 15) is 14.0 Å². The summed E-state index contributed by atoms with van der Waals surface area (Å²) in [5, 5.41) is 0.277. The molecule has 1 unspecified atom stereocenters. The first-order chi connectivity index (χ1) is 16.0. The fourth-order valence-corrected chi connectivity index (χ4v) is 3.69. The Morgan fingerprint density at radius 1 is 1.21 bits per heavy atom. The minimum absolute atomic E-state index is 0.0882. The van der Waals surface area contributed by atoms with E-state index in [4.69, 9.17) is 27.8 Å². The summed E-state index contributed by atoms with van der Waals surface area (Å²) in [6.07, 6.45) is 7.86. The number of nitrogens with two attached hydrogens (primary N) is 3. The molecular weight excluding hydrogens is 447 g/mol. The van der Waals surface area contributed by atoms with Gasteiger partial charge in [-0.2, -0.15) is 0 Å². The third-order valence-electron chi connectivity index (χ3n) is 4.80. The van der Waals surface area contributed by atoms with Crippen molar-refractivity contribution in [2.45, 2.75) is 18.9 Å². The quantitative estimate of drug-likeness (QED) is 0.434. The number of fused-ring (bicyclic) bond motifs is 1. The lowest BCUT2D eigenvalue weighted by Gasteiger charge is -2.28. The van der Waals surface area contributed by atoms with E-state index >= 15 is 0 Å². The molecule has 3 rings (SSSR count). The largest absolute Gasteiger partial charge is 0.496 e. The Morgan fingerprint density at radius 3 is 2.42 bits per heavy atom. The van der Waals surface area contributed by atoms with E-state index in [1.54, 1.807) is 42.5 Å². The molecular formula is C24H30ClFN4O3. The molecule has 1 aliphatic rings. The van der Waals surface area contributed by atoms with Gasteiger partial charge in [-0.3, -0.25) is 4.79 Å². The molecule has 0 radical (unpaired) electrons. The van der Waals surface area contributed by atoms with Crippen LogP contribution in [-0.2, 0) is 11.2 Å². The van der Waals surface area contributed by atoms with Crippen molar-refractivity contribution in [2.24, 2.45) is 17.2 Å². The molecule has 0 aliphatic heterocycles. The zero-order valence-corrected chi connectivity index (χ0v) is 19.5. The highest BCUT2D eigenvalue weighted by Gasteiger charge is 2.34. The second-order valence-corrected chi connectivity index (χ2v) is 7.04. The molecule has 6 N–H and O–H groups in total. The van der Waals surface area contributed by atoms with Gasteiger partial charge in [-0.15, -0.1) is 0 Å². The molecule has 7 nitrogen and oxygen atoms in total. The van der Waals surface area contributed by atoms with Gasteiger partial charge in [0.1, 0.15) is 17.9 Å². The Labute approximate surface area is 198 Å². The highest BCUT2D eigenvalue weighted by Crippen LogP contribution is 2.39. The van der Waals surface area contributed by atoms with Crippen molar-refractivity contribution >= 4 is 23.8 Å². The average molecular weight is 477 g/mol. The number of hydrogen-bond donors (Lipinski definition) is 3. The molecule has 1 amide bonds. The number of aldehydes is 1. The van der Waals surface area contributed by atoms with Crippen LogP contribution in [0.1, 0.15) is 33.9 Å². The first-order valence-corrected chi connectivity index (χ1v) is 10.5. The number of benzene rings is 2. The Hall–Kier alpha value is -3.36. The fourth-order valence-electron chi connectivity index (χ4n) is 3.48. The lowest BCUT2D eigenvalue weighted by Crippen LogP contribution is -2.35. The predicted octanol–water partition coefficient (Wildman–Crippen LogP) is 3.32. The number of carbonyl (C=O) groups is 2. The normalized spacial score (nSPS) is 14.0. The molecule has 1 aliphatic carbocycles. The summed E-state index contributed by atoms with van der Waals surface area (Å²) in [7, 11) is 2.98. The second-order valence-electron chi connectivity index (χ2n) is 6.60. The number of methoxy groups -OCH3 is 1. The number of allylic oxidation sites excluding steroid dienone is 2. The summed E-state index contributed by atoms with van der Waals surface area (Å²) in [4.78, 5) is 25.7. The lowest BCUT2D eigenvalue weighted by atomic mass is 10.0. The van der Waals surface area contributed by atoms with Crippen LogP contribution < -0.4 is 21.9 Å². The summed E-state index contributed by atoms with van der Waals surface area (Å²) in [5.41, 5.74) is 15.9. The van der Waals surface area contributed by atoms with Gasteiger partial charge in [0, 0.05) is 5.02 Å². The van der Waals surface area contributed by atoms with Crippen LogP contribution in [0.25, 0.3) is 0 Å². The van der Waals surface area contributed by atoms with Crippen LogP contribution in [0.3, 0.4) is 0 Å². The first kappa shape index (κ1) is 27.7. The van der Waals surface area contributed by atoms with Gasteiger partial charge in [0.25, 0.3) is 5.91 Å². The number of carbonyl (C=O) groups excluding carboxylic acids is 2. The van der Waals surface area contributed by atoms with Gasteiger partial charge in [0.05, 0.1) is 25.3 Å². The van der Waals surface area contributed by atoms with E-state index in [1.807, 2.05) is 0 Å². The van der Waals surface area contributed by atoms with E-state index in [1.165, 1.54) is 37.5 Å². The molecule has 178 valence electrons. The van der Waals surface area contributed by atoms with Crippen molar-refractivity contribution in [3.8, 4) is 5.75 Å². The number of para-hydroxylation sites is 1. The van der Waals surface area contributed by atoms with Gasteiger partial charge < -0.3 is 31.6 Å². The van der Waals surface area contributed by atoms with Gasteiger partial charge in [-0.1, -0.05) is 23.7 Å². The number of ether oxygens (including phenoxy) is 1. The summed E-state index contributed by atoms with van der Waals surface area (Å²) in [6.45, 7) is -0.0882. The van der Waals surface area contributed by atoms with Crippen LogP contribution in [0.5, 0.6) is 5.75 Å². The smallest absolute Gasteiger partial charge is 0.258 e. The molecule has 0 saturated carbocycles. The summed E-state index contributed by atoms with van der Waals surface area (Å²) in [5.74, 6) is -0.275. The molecule has 9 heteroatoms. The molecule has 1 atom stereocenters. The molecule has 0 spiro atoms. The van der Waals surface area contributed by atoms with Crippen LogP contribution in [0.2, 0.25) is 5.02 Å².